The maximum absolute atomic E-state index is 10.4. The Kier molecular flexibility index (Phi) is 9.34. The van der Waals surface area contributed by atoms with Crippen LogP contribution in [0.25, 0.3) is 0 Å². The molecule has 0 aromatic carbocycles. The number of carbonyl (C=O) groups is 1. The highest BCUT2D eigenvalue weighted by Gasteiger charge is 2.39. The summed E-state index contributed by atoms with van der Waals surface area (Å²) in [6.45, 7) is 7.42. The van der Waals surface area contributed by atoms with Gasteiger partial charge in [0.15, 0.2) is 0 Å². The van der Waals surface area contributed by atoms with Gasteiger partial charge in [-0.2, -0.15) is 0 Å². The van der Waals surface area contributed by atoms with Crippen molar-refractivity contribution in [2.24, 2.45) is 0 Å². The van der Waals surface area contributed by atoms with Crippen molar-refractivity contribution in [3.63, 3.8) is 0 Å². The Morgan fingerprint density at radius 2 is 1.47 bits per heavy atom. The zero-order valence-electron chi connectivity index (χ0n) is 11.0. The first-order valence-electron chi connectivity index (χ1n) is 6.23. The van der Waals surface area contributed by atoms with Crippen molar-refractivity contribution in [3.8, 4) is 0 Å². The number of carboxylic acid groups (broad SMARTS) is 1. The largest absolute Gasteiger partial charge is 0.500 e. The molecule has 0 aliphatic carbocycles. The van der Waals surface area contributed by atoms with E-state index in [1.807, 2.05) is 20.8 Å². The summed E-state index contributed by atoms with van der Waals surface area (Å²) in [4.78, 5) is 10.4. The Hall–Kier alpha value is -0.433. The highest BCUT2D eigenvalue weighted by molar-refractivity contribution is 6.60. The fraction of sp³-hybridized carbons (Fsp3) is 0.909. The third-order valence-electron chi connectivity index (χ3n) is 2.22. The number of rotatable bonds is 11. The molecule has 0 heterocycles. The van der Waals surface area contributed by atoms with Crippen molar-refractivity contribution in [1.29, 1.82) is 0 Å². The molecule has 0 aliphatic rings. The summed E-state index contributed by atoms with van der Waals surface area (Å²) in [7, 11) is -2.56. The monoisotopic (exact) mass is 264 g/mol. The van der Waals surface area contributed by atoms with Crippen molar-refractivity contribution in [2.75, 3.05) is 19.8 Å². The lowest BCUT2D eigenvalue weighted by Crippen LogP contribution is -2.45. The maximum Gasteiger partial charge on any atom is 0.500 e. The molecule has 0 atom stereocenters. The number of aliphatic carboxylic acids is 1. The molecule has 0 spiro atoms. The lowest BCUT2D eigenvalue weighted by atomic mass is 10.2. The van der Waals surface area contributed by atoms with Crippen LogP contribution in [0.15, 0.2) is 0 Å². The average molecular weight is 264 g/mol. The molecular weight excluding hydrogens is 240 g/mol. The van der Waals surface area contributed by atoms with Crippen LogP contribution < -0.4 is 0 Å². The Morgan fingerprint density at radius 1 is 1.00 bits per heavy atom. The van der Waals surface area contributed by atoms with Gasteiger partial charge in [0.05, 0.1) is 0 Å². The van der Waals surface area contributed by atoms with Crippen LogP contribution in [-0.4, -0.2) is 39.7 Å². The molecule has 0 aromatic heterocycles. The normalized spacial score (nSPS) is 11.7. The van der Waals surface area contributed by atoms with Gasteiger partial charge in [0, 0.05) is 32.3 Å². The lowest BCUT2D eigenvalue weighted by Gasteiger charge is -2.28. The van der Waals surface area contributed by atoms with Gasteiger partial charge in [0.2, 0.25) is 0 Å². The van der Waals surface area contributed by atoms with E-state index in [0.29, 0.717) is 32.3 Å². The number of carboxylic acids is 1. The fourth-order valence-electron chi connectivity index (χ4n) is 1.62. The lowest BCUT2D eigenvalue weighted by molar-refractivity contribution is -0.137. The Morgan fingerprint density at radius 3 is 1.82 bits per heavy atom. The molecular formula is C11H24O5Si. The Labute approximate surface area is 104 Å². The first-order valence-corrected chi connectivity index (χ1v) is 8.17. The minimum absolute atomic E-state index is 0.189. The topological polar surface area (TPSA) is 65.0 Å². The molecule has 0 saturated carbocycles. The molecule has 0 amide bonds. The predicted molar refractivity (Wildman–Crippen MR) is 66.9 cm³/mol. The third kappa shape index (κ3) is 7.48. The van der Waals surface area contributed by atoms with Crippen LogP contribution in [0.2, 0.25) is 6.04 Å². The number of hydrogen-bond donors (Lipinski definition) is 1. The van der Waals surface area contributed by atoms with Crippen LogP contribution in [0.4, 0.5) is 0 Å². The molecule has 0 rings (SSSR count). The Balaban J connectivity index is 4.18. The third-order valence-corrected chi connectivity index (χ3v) is 5.37. The van der Waals surface area contributed by atoms with Gasteiger partial charge in [-0.3, -0.25) is 4.79 Å². The van der Waals surface area contributed by atoms with E-state index in [2.05, 4.69) is 0 Å². The minimum Gasteiger partial charge on any atom is -0.481 e. The quantitative estimate of drug-likeness (QED) is 0.458. The molecule has 17 heavy (non-hydrogen) atoms. The van der Waals surface area contributed by atoms with E-state index in [-0.39, 0.29) is 6.42 Å². The van der Waals surface area contributed by atoms with Gasteiger partial charge in [0.25, 0.3) is 0 Å². The summed E-state index contributed by atoms with van der Waals surface area (Å²) < 4.78 is 17.0. The number of hydrogen-bond acceptors (Lipinski definition) is 4. The highest BCUT2D eigenvalue weighted by atomic mass is 28.4. The zero-order chi connectivity index (χ0) is 13.1. The van der Waals surface area contributed by atoms with E-state index < -0.39 is 14.8 Å². The first kappa shape index (κ1) is 16.6. The van der Waals surface area contributed by atoms with Gasteiger partial charge in [-0.25, -0.2) is 0 Å². The van der Waals surface area contributed by atoms with Gasteiger partial charge >= 0.3 is 14.8 Å². The van der Waals surface area contributed by atoms with E-state index in [9.17, 15) is 4.79 Å². The minimum atomic E-state index is -2.56. The smallest absolute Gasteiger partial charge is 0.481 e. The van der Waals surface area contributed by atoms with E-state index >= 15 is 0 Å². The summed E-state index contributed by atoms with van der Waals surface area (Å²) in [6, 6.07) is 0.690. The zero-order valence-corrected chi connectivity index (χ0v) is 12.0. The molecule has 0 radical (unpaired) electrons. The molecule has 1 N–H and O–H groups in total. The summed E-state index contributed by atoms with van der Waals surface area (Å²) in [5, 5.41) is 8.57. The molecule has 5 nitrogen and oxygen atoms in total. The van der Waals surface area contributed by atoms with Crippen molar-refractivity contribution in [2.45, 2.75) is 46.1 Å². The van der Waals surface area contributed by atoms with Gasteiger partial charge < -0.3 is 18.4 Å². The second-order valence-electron chi connectivity index (χ2n) is 3.58. The Bertz CT molecular complexity index is 193. The molecule has 0 saturated heterocycles. The van der Waals surface area contributed by atoms with E-state index in [0.717, 1.165) is 6.42 Å². The van der Waals surface area contributed by atoms with Crippen molar-refractivity contribution >= 4 is 14.8 Å². The van der Waals surface area contributed by atoms with Gasteiger partial charge in [-0.05, 0) is 33.6 Å². The molecule has 0 aliphatic heterocycles. The van der Waals surface area contributed by atoms with Crippen molar-refractivity contribution < 1.29 is 23.2 Å². The second-order valence-corrected chi connectivity index (χ2v) is 6.31. The molecule has 102 valence electrons. The number of unbranched alkanes of at least 4 members (excludes halogenated alkanes) is 1. The van der Waals surface area contributed by atoms with Crippen LogP contribution in [0.3, 0.4) is 0 Å². The fourth-order valence-corrected chi connectivity index (χ4v) is 4.30. The van der Waals surface area contributed by atoms with Crippen LogP contribution in [0.5, 0.6) is 0 Å². The first-order chi connectivity index (χ1) is 8.10. The summed E-state index contributed by atoms with van der Waals surface area (Å²) in [6.07, 6.45) is 1.59. The standard InChI is InChI=1S/C11H24O5Si/c1-4-14-17(15-5-2,16-6-3)10-8-7-9-11(12)13/h4-10H2,1-3H3,(H,12,13). The van der Waals surface area contributed by atoms with Crippen molar-refractivity contribution in [3.05, 3.63) is 0 Å². The van der Waals surface area contributed by atoms with Crippen LogP contribution in [0, 0.1) is 0 Å². The highest BCUT2D eigenvalue weighted by Crippen LogP contribution is 2.19. The molecule has 0 unspecified atom stereocenters. The summed E-state index contributed by atoms with van der Waals surface area (Å²) in [5.41, 5.74) is 0. The van der Waals surface area contributed by atoms with E-state index in [1.54, 1.807) is 0 Å². The second kappa shape index (κ2) is 9.58. The summed E-state index contributed by atoms with van der Waals surface area (Å²) >= 11 is 0. The SMILES string of the molecule is CCO[Si](CCCCC(=O)O)(OCC)OCC. The summed E-state index contributed by atoms with van der Waals surface area (Å²) in [5.74, 6) is -0.763. The van der Waals surface area contributed by atoms with Crippen LogP contribution >= 0.6 is 0 Å². The van der Waals surface area contributed by atoms with Crippen molar-refractivity contribution in [1.82, 2.24) is 0 Å². The van der Waals surface area contributed by atoms with Gasteiger partial charge in [-0.1, -0.05) is 0 Å². The van der Waals surface area contributed by atoms with E-state index in [1.165, 1.54) is 0 Å². The molecule has 0 fully saturated rings. The predicted octanol–water partition coefficient (Wildman–Crippen LogP) is 2.29. The average Bonchev–Trinajstić information content (AvgIpc) is 2.25. The maximum atomic E-state index is 10.4. The van der Waals surface area contributed by atoms with E-state index in [4.69, 9.17) is 18.4 Å². The van der Waals surface area contributed by atoms with Crippen LogP contribution in [-0.2, 0) is 18.1 Å². The van der Waals surface area contributed by atoms with Gasteiger partial charge in [0.1, 0.15) is 0 Å². The molecule has 6 heteroatoms. The molecule has 0 bridgehead atoms. The van der Waals surface area contributed by atoms with Crippen LogP contribution in [0.1, 0.15) is 40.0 Å². The molecule has 0 aromatic rings. The van der Waals surface area contributed by atoms with Gasteiger partial charge in [-0.15, -0.1) is 0 Å².